The summed E-state index contributed by atoms with van der Waals surface area (Å²) >= 11 is 1.67. The monoisotopic (exact) mass is 283 g/mol. The maximum absolute atomic E-state index is 10.9. The van der Waals surface area contributed by atoms with Crippen LogP contribution in [-0.2, 0) is 24.2 Å². The first-order valence-electron chi connectivity index (χ1n) is 6.68. The Bertz CT molecular complexity index is 439. The maximum atomic E-state index is 10.9. The molecule has 0 amide bonds. The van der Waals surface area contributed by atoms with Crippen LogP contribution in [0, 0.1) is 0 Å². The number of carbonyl (C=O) groups is 1. The van der Waals surface area contributed by atoms with Gasteiger partial charge in [-0.1, -0.05) is 6.92 Å². The first-order valence-corrected chi connectivity index (χ1v) is 7.50. The SMILES string of the molecule is CCc1nc(CC(=O)O)c(CN2CCN(C)CC2)s1. The van der Waals surface area contributed by atoms with Gasteiger partial charge >= 0.3 is 5.97 Å². The second kappa shape index (κ2) is 6.45. The van der Waals surface area contributed by atoms with Gasteiger partial charge in [-0.15, -0.1) is 11.3 Å². The van der Waals surface area contributed by atoms with Crippen LogP contribution in [0.5, 0.6) is 0 Å². The van der Waals surface area contributed by atoms with Gasteiger partial charge in [-0.05, 0) is 13.5 Å². The van der Waals surface area contributed by atoms with Gasteiger partial charge in [-0.2, -0.15) is 0 Å². The number of hydrogen-bond acceptors (Lipinski definition) is 5. The van der Waals surface area contributed by atoms with Crippen molar-refractivity contribution < 1.29 is 9.90 Å². The zero-order valence-corrected chi connectivity index (χ0v) is 12.4. The highest BCUT2D eigenvalue weighted by molar-refractivity contribution is 7.11. The average molecular weight is 283 g/mol. The molecule has 0 radical (unpaired) electrons. The minimum atomic E-state index is -0.799. The molecule has 0 spiro atoms. The highest BCUT2D eigenvalue weighted by Crippen LogP contribution is 2.22. The Balaban J connectivity index is 2.05. The van der Waals surface area contributed by atoms with Gasteiger partial charge in [0, 0.05) is 37.6 Å². The molecule has 0 bridgehead atoms. The van der Waals surface area contributed by atoms with Crippen LogP contribution in [0.3, 0.4) is 0 Å². The molecule has 5 nitrogen and oxygen atoms in total. The Kier molecular flexibility index (Phi) is 4.90. The van der Waals surface area contributed by atoms with Crippen LogP contribution in [0.15, 0.2) is 0 Å². The number of rotatable bonds is 5. The van der Waals surface area contributed by atoms with Gasteiger partial charge in [0.05, 0.1) is 17.1 Å². The molecule has 1 saturated heterocycles. The molecule has 2 rings (SSSR count). The van der Waals surface area contributed by atoms with Crippen LogP contribution in [0.25, 0.3) is 0 Å². The second-order valence-corrected chi connectivity index (χ2v) is 6.15. The van der Waals surface area contributed by atoms with Crippen LogP contribution in [0.2, 0.25) is 0 Å². The van der Waals surface area contributed by atoms with E-state index >= 15 is 0 Å². The van der Waals surface area contributed by atoms with Crippen LogP contribution in [0.4, 0.5) is 0 Å². The highest BCUT2D eigenvalue weighted by Gasteiger charge is 2.19. The summed E-state index contributed by atoms with van der Waals surface area (Å²) in [5, 5.41) is 10.0. The van der Waals surface area contributed by atoms with Crippen molar-refractivity contribution in [1.82, 2.24) is 14.8 Å². The molecule has 0 aromatic carbocycles. The molecule has 1 aromatic rings. The maximum Gasteiger partial charge on any atom is 0.309 e. The lowest BCUT2D eigenvalue weighted by molar-refractivity contribution is -0.136. The van der Waals surface area contributed by atoms with Crippen molar-refractivity contribution >= 4 is 17.3 Å². The number of aliphatic carboxylic acids is 1. The topological polar surface area (TPSA) is 56.7 Å². The van der Waals surface area contributed by atoms with E-state index in [0.29, 0.717) is 0 Å². The Morgan fingerprint density at radius 1 is 1.37 bits per heavy atom. The third kappa shape index (κ3) is 3.99. The minimum absolute atomic E-state index is 0.0412. The van der Waals surface area contributed by atoms with E-state index in [4.69, 9.17) is 5.11 Å². The van der Waals surface area contributed by atoms with Crippen molar-refractivity contribution in [3.63, 3.8) is 0 Å². The van der Waals surface area contributed by atoms with E-state index < -0.39 is 5.97 Å². The number of nitrogens with zero attached hydrogens (tertiary/aromatic N) is 3. The molecular weight excluding hydrogens is 262 g/mol. The van der Waals surface area contributed by atoms with Crippen LogP contribution >= 0.6 is 11.3 Å². The summed E-state index contributed by atoms with van der Waals surface area (Å²) in [4.78, 5) is 21.2. The molecule has 1 aromatic heterocycles. The van der Waals surface area contributed by atoms with E-state index in [1.807, 2.05) is 0 Å². The van der Waals surface area contributed by atoms with Crippen molar-refractivity contribution in [1.29, 1.82) is 0 Å². The number of likely N-dealkylation sites (N-methyl/N-ethyl adjacent to an activating group) is 1. The lowest BCUT2D eigenvalue weighted by Crippen LogP contribution is -2.43. The third-order valence-electron chi connectivity index (χ3n) is 3.41. The van der Waals surface area contributed by atoms with Gasteiger partial charge < -0.3 is 10.0 Å². The van der Waals surface area contributed by atoms with E-state index in [2.05, 4.69) is 28.8 Å². The summed E-state index contributed by atoms with van der Waals surface area (Å²) in [6.07, 6.45) is 0.916. The molecule has 0 saturated carbocycles. The molecule has 106 valence electrons. The molecule has 1 N–H and O–H groups in total. The molecule has 2 heterocycles. The predicted octanol–water partition coefficient (Wildman–Crippen LogP) is 1.08. The molecule has 0 aliphatic carbocycles. The molecule has 19 heavy (non-hydrogen) atoms. The fraction of sp³-hybridized carbons (Fsp3) is 0.692. The van der Waals surface area contributed by atoms with E-state index in [-0.39, 0.29) is 6.42 Å². The smallest absolute Gasteiger partial charge is 0.309 e. The number of aromatic nitrogens is 1. The minimum Gasteiger partial charge on any atom is -0.481 e. The van der Waals surface area contributed by atoms with Gasteiger partial charge in [-0.25, -0.2) is 4.98 Å². The van der Waals surface area contributed by atoms with Crippen LogP contribution in [-0.4, -0.2) is 59.1 Å². The van der Waals surface area contributed by atoms with E-state index in [9.17, 15) is 4.79 Å². The van der Waals surface area contributed by atoms with Crippen molar-refractivity contribution in [2.45, 2.75) is 26.3 Å². The second-order valence-electron chi connectivity index (χ2n) is 4.98. The predicted molar refractivity (Wildman–Crippen MR) is 75.6 cm³/mol. The Morgan fingerprint density at radius 2 is 2.05 bits per heavy atom. The van der Waals surface area contributed by atoms with E-state index in [1.54, 1.807) is 11.3 Å². The number of hydrogen-bond donors (Lipinski definition) is 1. The van der Waals surface area contributed by atoms with Gasteiger partial charge in [0.15, 0.2) is 0 Å². The number of thiazole rings is 1. The summed E-state index contributed by atoms with van der Waals surface area (Å²) in [5.74, 6) is -0.799. The molecular formula is C13H21N3O2S. The summed E-state index contributed by atoms with van der Waals surface area (Å²) in [5.41, 5.74) is 0.758. The quantitative estimate of drug-likeness (QED) is 0.876. The lowest BCUT2D eigenvalue weighted by atomic mass is 10.2. The van der Waals surface area contributed by atoms with E-state index in [1.165, 1.54) is 0 Å². The Morgan fingerprint density at radius 3 is 2.63 bits per heavy atom. The zero-order chi connectivity index (χ0) is 13.8. The van der Waals surface area contributed by atoms with Crippen LogP contribution < -0.4 is 0 Å². The molecule has 1 aliphatic rings. The number of carboxylic acid groups (broad SMARTS) is 1. The van der Waals surface area contributed by atoms with Gasteiger partial charge in [-0.3, -0.25) is 9.69 Å². The first-order chi connectivity index (χ1) is 9.08. The van der Waals surface area contributed by atoms with Crippen LogP contribution in [0.1, 0.15) is 22.5 Å². The average Bonchev–Trinajstić information content (AvgIpc) is 2.74. The first kappa shape index (κ1) is 14.4. The summed E-state index contributed by atoms with van der Waals surface area (Å²) in [7, 11) is 2.13. The Hall–Kier alpha value is -0.980. The van der Waals surface area contributed by atoms with Crippen molar-refractivity contribution in [2.24, 2.45) is 0 Å². The zero-order valence-electron chi connectivity index (χ0n) is 11.6. The number of piperazine rings is 1. The molecule has 0 unspecified atom stereocenters. The van der Waals surface area contributed by atoms with Gasteiger partial charge in [0.1, 0.15) is 0 Å². The number of carboxylic acids is 1. The third-order valence-corrected chi connectivity index (χ3v) is 4.63. The molecule has 6 heteroatoms. The lowest BCUT2D eigenvalue weighted by Gasteiger charge is -2.32. The number of aryl methyl sites for hydroxylation is 1. The summed E-state index contributed by atoms with van der Waals surface area (Å²) in [6.45, 7) is 7.14. The fourth-order valence-electron chi connectivity index (χ4n) is 2.20. The Labute approximate surface area is 117 Å². The van der Waals surface area contributed by atoms with Gasteiger partial charge in [0.2, 0.25) is 0 Å². The van der Waals surface area contributed by atoms with E-state index in [0.717, 1.165) is 54.7 Å². The molecule has 0 atom stereocenters. The molecule has 1 fully saturated rings. The normalized spacial score (nSPS) is 17.8. The highest BCUT2D eigenvalue weighted by atomic mass is 32.1. The van der Waals surface area contributed by atoms with Crippen molar-refractivity contribution in [2.75, 3.05) is 33.2 Å². The summed E-state index contributed by atoms with van der Waals surface area (Å²) < 4.78 is 0. The largest absolute Gasteiger partial charge is 0.481 e. The van der Waals surface area contributed by atoms with Crippen molar-refractivity contribution in [3.05, 3.63) is 15.6 Å². The fourth-order valence-corrected chi connectivity index (χ4v) is 3.27. The van der Waals surface area contributed by atoms with Gasteiger partial charge in [0.25, 0.3) is 0 Å². The standard InChI is InChI=1S/C13H21N3O2S/c1-3-12-14-10(8-13(17)18)11(19-12)9-16-6-4-15(2)5-7-16/h3-9H2,1-2H3,(H,17,18). The van der Waals surface area contributed by atoms with Crippen molar-refractivity contribution in [3.8, 4) is 0 Å². The summed E-state index contributed by atoms with van der Waals surface area (Å²) in [6, 6.07) is 0. The molecule has 1 aliphatic heterocycles.